The fourth-order valence-electron chi connectivity index (χ4n) is 1.84. The van der Waals surface area contributed by atoms with Gasteiger partial charge < -0.3 is 5.73 Å². The van der Waals surface area contributed by atoms with Gasteiger partial charge in [0, 0.05) is 16.7 Å². The standard InChI is InChI=1S/C16H18FNS/c17-15-8-4-5-9-16(15)19-12-14(18)11-10-13-6-2-1-3-7-13/h1-9,14H,10-12,18H2. The fraction of sp³-hybridized carbons (Fsp3) is 0.250. The average molecular weight is 275 g/mol. The highest BCUT2D eigenvalue weighted by molar-refractivity contribution is 7.99. The molecule has 1 atom stereocenters. The number of nitrogens with two attached hydrogens (primary N) is 1. The zero-order valence-electron chi connectivity index (χ0n) is 10.8. The Hall–Kier alpha value is -1.32. The Labute approximate surface area is 118 Å². The number of aryl methyl sites for hydroxylation is 1. The number of halogens is 1. The fourth-order valence-corrected chi connectivity index (χ4v) is 2.78. The molecule has 100 valence electrons. The van der Waals surface area contributed by atoms with E-state index in [4.69, 9.17) is 5.73 Å². The Morgan fingerprint density at radius 2 is 1.68 bits per heavy atom. The van der Waals surface area contributed by atoms with Crippen molar-refractivity contribution < 1.29 is 4.39 Å². The van der Waals surface area contributed by atoms with Crippen molar-refractivity contribution in [2.75, 3.05) is 5.75 Å². The maximum Gasteiger partial charge on any atom is 0.136 e. The Bertz CT molecular complexity index is 501. The van der Waals surface area contributed by atoms with Crippen molar-refractivity contribution in [1.82, 2.24) is 0 Å². The second kappa shape index (κ2) is 7.31. The number of hydrogen-bond donors (Lipinski definition) is 1. The third-order valence-electron chi connectivity index (χ3n) is 2.94. The monoisotopic (exact) mass is 275 g/mol. The molecule has 0 heterocycles. The molecule has 2 N–H and O–H groups in total. The number of benzene rings is 2. The van der Waals surface area contributed by atoms with Crippen molar-refractivity contribution in [3.05, 3.63) is 66.0 Å². The summed E-state index contributed by atoms with van der Waals surface area (Å²) in [6.07, 6.45) is 1.89. The lowest BCUT2D eigenvalue weighted by Gasteiger charge is -2.11. The maximum absolute atomic E-state index is 13.4. The first-order valence-electron chi connectivity index (χ1n) is 6.42. The van der Waals surface area contributed by atoms with Crippen LogP contribution < -0.4 is 5.73 Å². The minimum Gasteiger partial charge on any atom is -0.327 e. The van der Waals surface area contributed by atoms with E-state index in [2.05, 4.69) is 12.1 Å². The van der Waals surface area contributed by atoms with Crippen LogP contribution >= 0.6 is 11.8 Å². The van der Waals surface area contributed by atoms with Crippen molar-refractivity contribution in [2.45, 2.75) is 23.8 Å². The van der Waals surface area contributed by atoms with E-state index in [1.54, 1.807) is 12.1 Å². The van der Waals surface area contributed by atoms with Crippen molar-refractivity contribution in [2.24, 2.45) is 5.73 Å². The van der Waals surface area contributed by atoms with Crippen LogP contribution in [0.15, 0.2) is 59.5 Å². The molecule has 0 aromatic heterocycles. The van der Waals surface area contributed by atoms with E-state index in [0.717, 1.165) is 18.6 Å². The van der Waals surface area contributed by atoms with Gasteiger partial charge >= 0.3 is 0 Å². The van der Waals surface area contributed by atoms with Gasteiger partial charge in [-0.15, -0.1) is 11.8 Å². The summed E-state index contributed by atoms with van der Waals surface area (Å²) in [5.74, 6) is 0.580. The van der Waals surface area contributed by atoms with Crippen molar-refractivity contribution in [1.29, 1.82) is 0 Å². The third-order valence-corrected chi connectivity index (χ3v) is 4.17. The Kier molecular flexibility index (Phi) is 5.43. The van der Waals surface area contributed by atoms with Gasteiger partial charge in [-0.05, 0) is 30.5 Å². The molecule has 0 fully saturated rings. The van der Waals surface area contributed by atoms with Crippen LogP contribution in [0.1, 0.15) is 12.0 Å². The van der Waals surface area contributed by atoms with Gasteiger partial charge in [-0.3, -0.25) is 0 Å². The van der Waals surface area contributed by atoms with Crippen LogP contribution in [-0.4, -0.2) is 11.8 Å². The van der Waals surface area contributed by atoms with Gasteiger partial charge in [-0.2, -0.15) is 0 Å². The Balaban J connectivity index is 1.76. The summed E-state index contributed by atoms with van der Waals surface area (Å²) in [4.78, 5) is 0.678. The summed E-state index contributed by atoms with van der Waals surface area (Å²) in [7, 11) is 0. The van der Waals surface area contributed by atoms with E-state index in [1.807, 2.05) is 24.3 Å². The molecular weight excluding hydrogens is 257 g/mol. The predicted octanol–water partition coefficient (Wildman–Crippen LogP) is 3.88. The summed E-state index contributed by atoms with van der Waals surface area (Å²) in [6, 6.07) is 17.2. The van der Waals surface area contributed by atoms with E-state index < -0.39 is 0 Å². The molecule has 0 amide bonds. The minimum absolute atomic E-state index is 0.0878. The number of thioether (sulfide) groups is 1. The van der Waals surface area contributed by atoms with E-state index in [1.165, 1.54) is 23.4 Å². The molecule has 1 unspecified atom stereocenters. The maximum atomic E-state index is 13.4. The van der Waals surface area contributed by atoms with E-state index in [9.17, 15) is 4.39 Å². The zero-order valence-corrected chi connectivity index (χ0v) is 11.6. The smallest absolute Gasteiger partial charge is 0.136 e. The summed E-state index contributed by atoms with van der Waals surface area (Å²) in [5, 5.41) is 0. The van der Waals surface area contributed by atoms with Crippen LogP contribution in [0.5, 0.6) is 0 Å². The van der Waals surface area contributed by atoms with Crippen LogP contribution in [-0.2, 0) is 6.42 Å². The molecule has 2 aromatic carbocycles. The van der Waals surface area contributed by atoms with Gasteiger partial charge in [-0.25, -0.2) is 4.39 Å². The van der Waals surface area contributed by atoms with Crippen LogP contribution in [0, 0.1) is 5.82 Å². The zero-order chi connectivity index (χ0) is 13.5. The predicted molar refractivity (Wildman–Crippen MR) is 79.9 cm³/mol. The first-order valence-corrected chi connectivity index (χ1v) is 7.41. The summed E-state index contributed by atoms with van der Waals surface area (Å²) < 4.78 is 13.4. The SMILES string of the molecule is NC(CCc1ccccc1)CSc1ccccc1F. The van der Waals surface area contributed by atoms with Crippen LogP contribution in [0.25, 0.3) is 0 Å². The normalized spacial score (nSPS) is 12.3. The Morgan fingerprint density at radius 3 is 2.42 bits per heavy atom. The summed E-state index contributed by atoms with van der Waals surface area (Å²) in [6.45, 7) is 0. The molecule has 0 aliphatic rings. The minimum atomic E-state index is -0.164. The van der Waals surface area contributed by atoms with E-state index >= 15 is 0 Å². The lowest BCUT2D eigenvalue weighted by molar-refractivity contribution is 0.601. The molecule has 19 heavy (non-hydrogen) atoms. The van der Waals surface area contributed by atoms with E-state index in [-0.39, 0.29) is 11.9 Å². The molecule has 2 aromatic rings. The largest absolute Gasteiger partial charge is 0.327 e. The van der Waals surface area contributed by atoms with Gasteiger partial charge in [0.15, 0.2) is 0 Å². The van der Waals surface area contributed by atoms with Gasteiger partial charge in [0.2, 0.25) is 0 Å². The van der Waals surface area contributed by atoms with Gasteiger partial charge in [0.05, 0.1) is 0 Å². The molecule has 0 aliphatic heterocycles. The molecule has 3 heteroatoms. The number of hydrogen-bond acceptors (Lipinski definition) is 2. The van der Waals surface area contributed by atoms with Crippen molar-refractivity contribution in [3.8, 4) is 0 Å². The first kappa shape index (κ1) is 14.1. The van der Waals surface area contributed by atoms with Crippen LogP contribution in [0.2, 0.25) is 0 Å². The Morgan fingerprint density at radius 1 is 1.00 bits per heavy atom. The van der Waals surface area contributed by atoms with E-state index in [0.29, 0.717) is 4.90 Å². The molecule has 0 saturated heterocycles. The second-order valence-electron chi connectivity index (χ2n) is 4.53. The lowest BCUT2D eigenvalue weighted by Crippen LogP contribution is -2.23. The number of rotatable bonds is 6. The second-order valence-corrected chi connectivity index (χ2v) is 5.59. The van der Waals surface area contributed by atoms with Gasteiger partial charge in [0.25, 0.3) is 0 Å². The molecule has 2 rings (SSSR count). The van der Waals surface area contributed by atoms with Gasteiger partial charge in [-0.1, -0.05) is 42.5 Å². The first-order chi connectivity index (χ1) is 9.25. The highest BCUT2D eigenvalue weighted by Crippen LogP contribution is 2.22. The quantitative estimate of drug-likeness (QED) is 0.810. The molecule has 0 radical (unpaired) electrons. The van der Waals surface area contributed by atoms with Crippen molar-refractivity contribution >= 4 is 11.8 Å². The van der Waals surface area contributed by atoms with Gasteiger partial charge in [0.1, 0.15) is 5.82 Å². The highest BCUT2D eigenvalue weighted by Gasteiger charge is 2.06. The van der Waals surface area contributed by atoms with Crippen LogP contribution in [0.4, 0.5) is 4.39 Å². The molecule has 0 spiro atoms. The highest BCUT2D eigenvalue weighted by atomic mass is 32.2. The molecule has 0 bridgehead atoms. The average Bonchev–Trinajstić information content (AvgIpc) is 2.45. The summed E-state index contributed by atoms with van der Waals surface area (Å²) in [5.41, 5.74) is 7.38. The lowest BCUT2D eigenvalue weighted by atomic mass is 10.1. The molecule has 1 nitrogen and oxygen atoms in total. The molecule has 0 aliphatic carbocycles. The molecule has 0 saturated carbocycles. The third kappa shape index (κ3) is 4.69. The van der Waals surface area contributed by atoms with Crippen molar-refractivity contribution in [3.63, 3.8) is 0 Å². The molecular formula is C16H18FNS. The van der Waals surface area contributed by atoms with Crippen LogP contribution in [0.3, 0.4) is 0 Å². The summed E-state index contributed by atoms with van der Waals surface area (Å²) >= 11 is 1.49. The topological polar surface area (TPSA) is 26.0 Å².